The lowest BCUT2D eigenvalue weighted by Gasteiger charge is -2.34. The molecule has 1 saturated heterocycles. The molecule has 0 aromatic carbocycles. The number of aliphatic carboxylic acids is 1. The van der Waals surface area contributed by atoms with E-state index >= 15 is 0 Å². The van der Waals surface area contributed by atoms with Crippen molar-refractivity contribution in [2.24, 2.45) is 5.92 Å². The highest BCUT2D eigenvalue weighted by Crippen LogP contribution is 2.08. The first-order chi connectivity index (χ1) is 10.0. The zero-order chi connectivity index (χ0) is 15.8. The maximum atomic E-state index is 12.1. The molecule has 2 unspecified atom stereocenters. The molecular formula is C13H23N3O5. The van der Waals surface area contributed by atoms with Gasteiger partial charge in [0, 0.05) is 19.6 Å². The molecule has 1 fully saturated rings. The van der Waals surface area contributed by atoms with Crippen LogP contribution in [0.15, 0.2) is 0 Å². The normalized spacial score (nSPS) is 19.7. The monoisotopic (exact) mass is 301 g/mol. The minimum absolute atomic E-state index is 0.0458. The number of hydrogen-bond donors (Lipinski definition) is 3. The SMILES string of the molecule is CCNC(=O)C1COCCN1C(=O)NCC(CC)C(=O)O. The predicted octanol–water partition coefficient (Wildman–Crippen LogP) is -0.356. The summed E-state index contributed by atoms with van der Waals surface area (Å²) < 4.78 is 5.24. The summed E-state index contributed by atoms with van der Waals surface area (Å²) in [5.41, 5.74) is 0. The number of nitrogens with zero attached hydrogens (tertiary/aromatic N) is 1. The second-order valence-electron chi connectivity index (χ2n) is 4.81. The first-order valence-electron chi connectivity index (χ1n) is 7.13. The quantitative estimate of drug-likeness (QED) is 0.621. The summed E-state index contributed by atoms with van der Waals surface area (Å²) >= 11 is 0. The van der Waals surface area contributed by atoms with Crippen LogP contribution in [-0.2, 0) is 14.3 Å². The van der Waals surface area contributed by atoms with Gasteiger partial charge in [-0.05, 0) is 13.3 Å². The fourth-order valence-electron chi connectivity index (χ4n) is 2.07. The molecule has 21 heavy (non-hydrogen) atoms. The Morgan fingerprint density at radius 1 is 1.33 bits per heavy atom. The number of carboxylic acid groups (broad SMARTS) is 1. The van der Waals surface area contributed by atoms with E-state index in [1.807, 2.05) is 0 Å². The summed E-state index contributed by atoms with van der Waals surface area (Å²) in [5.74, 6) is -1.84. The molecule has 8 nitrogen and oxygen atoms in total. The first kappa shape index (κ1) is 17.2. The molecular weight excluding hydrogens is 278 g/mol. The molecule has 0 aromatic heterocycles. The van der Waals surface area contributed by atoms with Gasteiger partial charge in [-0.15, -0.1) is 0 Å². The van der Waals surface area contributed by atoms with Crippen molar-refractivity contribution in [1.29, 1.82) is 0 Å². The molecule has 8 heteroatoms. The number of ether oxygens (including phenoxy) is 1. The van der Waals surface area contributed by atoms with E-state index in [-0.39, 0.29) is 19.1 Å². The molecule has 3 N–H and O–H groups in total. The topological polar surface area (TPSA) is 108 Å². The van der Waals surface area contributed by atoms with Crippen molar-refractivity contribution in [3.05, 3.63) is 0 Å². The number of urea groups is 1. The van der Waals surface area contributed by atoms with Crippen LogP contribution in [0.5, 0.6) is 0 Å². The number of nitrogens with one attached hydrogen (secondary N) is 2. The van der Waals surface area contributed by atoms with E-state index in [1.54, 1.807) is 13.8 Å². The molecule has 1 aliphatic heterocycles. The fraction of sp³-hybridized carbons (Fsp3) is 0.769. The van der Waals surface area contributed by atoms with Crippen LogP contribution in [-0.4, -0.2) is 66.8 Å². The summed E-state index contributed by atoms with van der Waals surface area (Å²) in [6.45, 7) is 4.88. The van der Waals surface area contributed by atoms with Crippen molar-refractivity contribution < 1.29 is 24.2 Å². The van der Waals surface area contributed by atoms with Crippen LogP contribution in [0.1, 0.15) is 20.3 Å². The number of amides is 3. The van der Waals surface area contributed by atoms with Gasteiger partial charge < -0.3 is 25.4 Å². The van der Waals surface area contributed by atoms with Crippen molar-refractivity contribution >= 4 is 17.9 Å². The van der Waals surface area contributed by atoms with E-state index in [9.17, 15) is 14.4 Å². The van der Waals surface area contributed by atoms with E-state index < -0.39 is 24.0 Å². The number of carbonyl (C=O) groups is 3. The van der Waals surface area contributed by atoms with E-state index in [0.29, 0.717) is 26.1 Å². The number of carbonyl (C=O) groups excluding carboxylic acids is 2. The van der Waals surface area contributed by atoms with Crippen LogP contribution < -0.4 is 10.6 Å². The smallest absolute Gasteiger partial charge is 0.318 e. The van der Waals surface area contributed by atoms with Gasteiger partial charge >= 0.3 is 12.0 Å². The Balaban J connectivity index is 2.60. The van der Waals surface area contributed by atoms with Gasteiger partial charge in [0.1, 0.15) is 6.04 Å². The van der Waals surface area contributed by atoms with Gasteiger partial charge in [0.15, 0.2) is 0 Å². The van der Waals surface area contributed by atoms with Crippen LogP contribution in [0.2, 0.25) is 0 Å². The lowest BCUT2D eigenvalue weighted by Crippen LogP contribution is -2.58. The molecule has 3 amide bonds. The maximum absolute atomic E-state index is 12.1. The van der Waals surface area contributed by atoms with E-state index in [1.165, 1.54) is 4.90 Å². The van der Waals surface area contributed by atoms with Crippen molar-refractivity contribution in [2.45, 2.75) is 26.3 Å². The molecule has 120 valence electrons. The highest BCUT2D eigenvalue weighted by molar-refractivity contribution is 5.87. The molecule has 0 saturated carbocycles. The third-order valence-electron chi connectivity index (χ3n) is 3.38. The Hall–Kier alpha value is -1.83. The second-order valence-corrected chi connectivity index (χ2v) is 4.81. The Bertz CT molecular complexity index is 388. The van der Waals surface area contributed by atoms with Gasteiger partial charge in [0.2, 0.25) is 5.91 Å². The van der Waals surface area contributed by atoms with Gasteiger partial charge in [-0.25, -0.2) is 4.79 Å². The molecule has 2 atom stereocenters. The molecule has 1 heterocycles. The largest absolute Gasteiger partial charge is 0.481 e. The Labute approximate surface area is 123 Å². The molecule has 1 aliphatic rings. The summed E-state index contributed by atoms with van der Waals surface area (Å²) in [6.07, 6.45) is 0.429. The Morgan fingerprint density at radius 3 is 2.62 bits per heavy atom. The lowest BCUT2D eigenvalue weighted by atomic mass is 10.1. The molecule has 0 bridgehead atoms. The van der Waals surface area contributed by atoms with Gasteiger partial charge in [-0.2, -0.15) is 0 Å². The number of carboxylic acids is 1. The summed E-state index contributed by atoms with van der Waals surface area (Å²) in [4.78, 5) is 36.4. The third-order valence-corrected chi connectivity index (χ3v) is 3.38. The van der Waals surface area contributed by atoms with Crippen molar-refractivity contribution in [3.63, 3.8) is 0 Å². The second kappa shape index (κ2) is 8.46. The molecule has 1 rings (SSSR count). The number of morpholine rings is 1. The molecule has 0 radical (unpaired) electrons. The van der Waals surface area contributed by atoms with Crippen molar-refractivity contribution in [2.75, 3.05) is 32.8 Å². The van der Waals surface area contributed by atoms with Gasteiger partial charge in [-0.3, -0.25) is 9.59 Å². The van der Waals surface area contributed by atoms with Crippen LogP contribution in [0, 0.1) is 5.92 Å². The minimum atomic E-state index is -0.944. The van der Waals surface area contributed by atoms with Crippen molar-refractivity contribution in [3.8, 4) is 0 Å². The average molecular weight is 301 g/mol. The predicted molar refractivity (Wildman–Crippen MR) is 74.8 cm³/mol. The summed E-state index contributed by atoms with van der Waals surface area (Å²) in [5, 5.41) is 14.2. The van der Waals surface area contributed by atoms with Gasteiger partial charge in [0.25, 0.3) is 0 Å². The molecule has 0 aromatic rings. The third kappa shape index (κ3) is 4.89. The first-order valence-corrected chi connectivity index (χ1v) is 7.13. The standard InChI is InChI=1S/C13H23N3O5/c1-3-9(12(18)19)7-15-13(20)16-5-6-21-8-10(16)11(17)14-4-2/h9-10H,3-8H2,1-2H3,(H,14,17)(H,15,20)(H,18,19). The summed E-state index contributed by atoms with van der Waals surface area (Å²) in [6, 6.07) is -1.11. The van der Waals surface area contributed by atoms with E-state index in [2.05, 4.69) is 10.6 Å². The fourth-order valence-corrected chi connectivity index (χ4v) is 2.07. The lowest BCUT2D eigenvalue weighted by molar-refractivity contribution is -0.141. The molecule has 0 aliphatic carbocycles. The highest BCUT2D eigenvalue weighted by Gasteiger charge is 2.32. The van der Waals surface area contributed by atoms with Gasteiger partial charge in [-0.1, -0.05) is 6.92 Å². The van der Waals surface area contributed by atoms with E-state index in [4.69, 9.17) is 9.84 Å². The van der Waals surface area contributed by atoms with Gasteiger partial charge in [0.05, 0.1) is 19.1 Å². The average Bonchev–Trinajstić information content (AvgIpc) is 2.47. The number of rotatable bonds is 6. The Kier molecular flexibility index (Phi) is 6.93. The van der Waals surface area contributed by atoms with Crippen molar-refractivity contribution in [1.82, 2.24) is 15.5 Å². The summed E-state index contributed by atoms with van der Waals surface area (Å²) in [7, 11) is 0. The van der Waals surface area contributed by atoms with Crippen LogP contribution in [0.3, 0.4) is 0 Å². The highest BCUT2D eigenvalue weighted by atomic mass is 16.5. The van der Waals surface area contributed by atoms with Crippen LogP contribution >= 0.6 is 0 Å². The zero-order valence-electron chi connectivity index (χ0n) is 12.4. The maximum Gasteiger partial charge on any atom is 0.318 e. The minimum Gasteiger partial charge on any atom is -0.481 e. The van der Waals surface area contributed by atoms with Crippen LogP contribution in [0.4, 0.5) is 4.79 Å². The van der Waals surface area contributed by atoms with Crippen LogP contribution in [0.25, 0.3) is 0 Å². The Morgan fingerprint density at radius 2 is 2.05 bits per heavy atom. The molecule has 0 spiro atoms. The zero-order valence-corrected chi connectivity index (χ0v) is 12.4. The number of hydrogen-bond acceptors (Lipinski definition) is 4. The van der Waals surface area contributed by atoms with E-state index in [0.717, 1.165) is 0 Å². The number of likely N-dealkylation sites (N-methyl/N-ethyl adjacent to an activating group) is 1.